The fourth-order valence-corrected chi connectivity index (χ4v) is 2.22. The van der Waals surface area contributed by atoms with Crippen LogP contribution in [0, 0.1) is 10.1 Å². The number of carbonyl (C=O) groups excluding carboxylic acids is 2. The minimum atomic E-state index is -4.75. The fourth-order valence-electron chi connectivity index (χ4n) is 2.22. The number of amides is 2. The number of anilines is 2. The van der Waals surface area contributed by atoms with Crippen LogP contribution in [0.5, 0.6) is 0 Å². The Labute approximate surface area is 157 Å². The van der Waals surface area contributed by atoms with E-state index in [1.54, 1.807) is 0 Å². The average Bonchev–Trinajstić information content (AvgIpc) is 2.60. The van der Waals surface area contributed by atoms with E-state index in [0.717, 1.165) is 25.1 Å². The molecule has 7 nitrogen and oxygen atoms in total. The van der Waals surface area contributed by atoms with Crippen molar-refractivity contribution in [2.75, 3.05) is 10.6 Å². The van der Waals surface area contributed by atoms with Gasteiger partial charge in [0.05, 0.1) is 16.2 Å². The van der Waals surface area contributed by atoms with Crippen LogP contribution < -0.4 is 10.6 Å². The number of nitrogens with zero attached hydrogens (tertiary/aromatic N) is 1. The van der Waals surface area contributed by atoms with Gasteiger partial charge in [-0.1, -0.05) is 0 Å². The number of carbonyl (C=O) groups is 2. The van der Waals surface area contributed by atoms with E-state index in [1.807, 2.05) is 0 Å². The topological polar surface area (TPSA) is 101 Å². The molecule has 0 atom stereocenters. The molecule has 2 N–H and O–H groups in total. The number of nitrogens with one attached hydrogen (secondary N) is 2. The lowest BCUT2D eigenvalue weighted by atomic mass is 10.1. The van der Waals surface area contributed by atoms with Crippen molar-refractivity contribution in [2.24, 2.45) is 0 Å². The maximum absolute atomic E-state index is 13.2. The third-order valence-corrected chi connectivity index (χ3v) is 3.43. The van der Waals surface area contributed by atoms with Crippen molar-refractivity contribution in [3.05, 3.63) is 69.8 Å². The summed E-state index contributed by atoms with van der Waals surface area (Å²) in [5.41, 5.74) is -1.32. The van der Waals surface area contributed by atoms with Crippen LogP contribution in [0.15, 0.2) is 48.5 Å². The summed E-state index contributed by atoms with van der Waals surface area (Å²) in [4.78, 5) is 33.0. The smallest absolute Gasteiger partial charge is 0.326 e. The summed E-state index contributed by atoms with van der Waals surface area (Å²) in [6.07, 6.45) is -2.44. The van der Waals surface area contributed by atoms with Crippen LogP contribution in [0.3, 0.4) is 0 Å². The van der Waals surface area contributed by atoms with E-state index in [0.29, 0.717) is 5.56 Å². The van der Waals surface area contributed by atoms with E-state index in [4.69, 9.17) is 0 Å². The molecule has 0 bridgehead atoms. The normalized spacial score (nSPS) is 11.3. The van der Waals surface area contributed by atoms with Crippen molar-refractivity contribution in [1.82, 2.24) is 0 Å². The summed E-state index contributed by atoms with van der Waals surface area (Å²) in [5, 5.41) is 15.0. The minimum Gasteiger partial charge on any atom is -0.326 e. The Morgan fingerprint density at radius 3 is 2.25 bits per heavy atom. The number of rotatable bonds is 5. The Bertz CT molecular complexity index is 938. The van der Waals surface area contributed by atoms with Crippen LogP contribution in [-0.2, 0) is 15.8 Å². The van der Waals surface area contributed by atoms with Crippen LogP contribution in [0.4, 0.5) is 30.2 Å². The summed E-state index contributed by atoms with van der Waals surface area (Å²) in [7, 11) is 0. The molecule has 0 saturated heterocycles. The Hall–Kier alpha value is -3.69. The number of nitro benzene ring substituents is 1. The van der Waals surface area contributed by atoms with E-state index in [-0.39, 0.29) is 11.4 Å². The van der Waals surface area contributed by atoms with E-state index < -0.39 is 34.2 Å². The maximum Gasteiger partial charge on any atom is 0.418 e. The highest BCUT2D eigenvalue weighted by molar-refractivity contribution is 6.02. The van der Waals surface area contributed by atoms with Gasteiger partial charge in [-0.05, 0) is 42.0 Å². The highest BCUT2D eigenvalue weighted by Gasteiger charge is 2.34. The van der Waals surface area contributed by atoms with Gasteiger partial charge in [0.25, 0.3) is 5.69 Å². The summed E-state index contributed by atoms with van der Waals surface area (Å²) < 4.78 is 39.7. The maximum atomic E-state index is 13.2. The largest absolute Gasteiger partial charge is 0.418 e. The molecule has 0 aliphatic rings. The molecule has 0 aromatic heterocycles. The molecule has 2 rings (SSSR count). The van der Waals surface area contributed by atoms with Crippen molar-refractivity contribution in [1.29, 1.82) is 0 Å². The van der Waals surface area contributed by atoms with Crippen LogP contribution in [0.25, 0.3) is 6.08 Å². The van der Waals surface area contributed by atoms with Gasteiger partial charge in [-0.3, -0.25) is 19.7 Å². The minimum absolute atomic E-state index is 0.0563. The quantitative estimate of drug-likeness (QED) is 0.451. The van der Waals surface area contributed by atoms with Gasteiger partial charge in [0.15, 0.2) is 0 Å². The van der Waals surface area contributed by atoms with Gasteiger partial charge >= 0.3 is 6.18 Å². The number of hydrogen-bond donors (Lipinski definition) is 2. The van der Waals surface area contributed by atoms with Gasteiger partial charge in [0.2, 0.25) is 11.8 Å². The van der Waals surface area contributed by atoms with Crippen LogP contribution >= 0.6 is 0 Å². The Morgan fingerprint density at radius 1 is 1.07 bits per heavy atom. The number of halogens is 3. The molecule has 0 aliphatic heterocycles. The molecule has 146 valence electrons. The second-order valence-electron chi connectivity index (χ2n) is 5.61. The lowest BCUT2D eigenvalue weighted by Gasteiger charge is -2.15. The Morgan fingerprint density at radius 2 is 1.71 bits per heavy atom. The van der Waals surface area contributed by atoms with Crippen molar-refractivity contribution >= 4 is 35.0 Å². The highest BCUT2D eigenvalue weighted by Crippen LogP contribution is 2.36. The molecule has 0 heterocycles. The summed E-state index contributed by atoms with van der Waals surface area (Å²) in [5.74, 6) is -1.35. The van der Waals surface area contributed by atoms with Gasteiger partial charge in [-0.2, -0.15) is 13.2 Å². The third kappa shape index (κ3) is 5.66. The van der Waals surface area contributed by atoms with Crippen molar-refractivity contribution in [2.45, 2.75) is 13.1 Å². The first-order chi connectivity index (χ1) is 13.1. The number of non-ortho nitro benzene ring substituents is 1. The van der Waals surface area contributed by atoms with Crippen molar-refractivity contribution in [3.63, 3.8) is 0 Å². The molecule has 10 heteroatoms. The first-order valence-electron chi connectivity index (χ1n) is 7.78. The molecule has 2 aromatic rings. The summed E-state index contributed by atoms with van der Waals surface area (Å²) in [6, 6.07) is 8.24. The first kappa shape index (κ1) is 20.6. The predicted octanol–water partition coefficient (Wildman–Crippen LogP) is 4.22. The zero-order chi connectivity index (χ0) is 20.9. The van der Waals surface area contributed by atoms with Crippen LogP contribution in [0.1, 0.15) is 18.1 Å². The summed E-state index contributed by atoms with van der Waals surface area (Å²) in [6.45, 7) is 1.16. The van der Waals surface area contributed by atoms with Crippen molar-refractivity contribution in [3.8, 4) is 0 Å². The van der Waals surface area contributed by atoms with Crippen molar-refractivity contribution < 1.29 is 27.7 Å². The van der Waals surface area contributed by atoms with Gasteiger partial charge in [-0.25, -0.2) is 0 Å². The molecule has 0 aliphatic carbocycles. The van der Waals surface area contributed by atoms with E-state index >= 15 is 0 Å². The molecule has 0 spiro atoms. The molecule has 0 radical (unpaired) electrons. The Balaban J connectivity index is 2.18. The number of nitro groups is 1. The second kappa shape index (κ2) is 8.33. The third-order valence-electron chi connectivity index (χ3n) is 3.43. The molecular weight excluding hydrogens is 379 g/mol. The first-order valence-corrected chi connectivity index (χ1v) is 7.78. The lowest BCUT2D eigenvalue weighted by molar-refractivity contribution is -0.384. The molecular formula is C18H14F3N3O4. The molecule has 0 fully saturated rings. The number of alkyl halides is 3. The second-order valence-corrected chi connectivity index (χ2v) is 5.61. The highest BCUT2D eigenvalue weighted by atomic mass is 19.4. The SMILES string of the molecule is CC(=O)Nc1ccc(NC(=O)/C=C/c2ccc([N+](=O)[O-])cc2)c(C(F)(F)F)c1. The number of hydrogen-bond acceptors (Lipinski definition) is 4. The lowest BCUT2D eigenvalue weighted by Crippen LogP contribution is -2.16. The number of benzene rings is 2. The Kier molecular flexibility index (Phi) is 6.14. The van der Waals surface area contributed by atoms with Gasteiger partial charge < -0.3 is 10.6 Å². The van der Waals surface area contributed by atoms with Gasteiger partial charge in [0.1, 0.15) is 0 Å². The van der Waals surface area contributed by atoms with E-state index in [2.05, 4.69) is 10.6 Å². The molecule has 2 amide bonds. The van der Waals surface area contributed by atoms with E-state index in [1.165, 1.54) is 36.4 Å². The van der Waals surface area contributed by atoms with Gasteiger partial charge in [-0.15, -0.1) is 0 Å². The molecule has 0 unspecified atom stereocenters. The van der Waals surface area contributed by atoms with Gasteiger partial charge in [0, 0.05) is 30.8 Å². The van der Waals surface area contributed by atoms with Crippen LogP contribution in [0.2, 0.25) is 0 Å². The summed E-state index contributed by atoms with van der Waals surface area (Å²) >= 11 is 0. The fraction of sp³-hybridized carbons (Fsp3) is 0.111. The molecule has 0 saturated carbocycles. The predicted molar refractivity (Wildman–Crippen MR) is 96.5 cm³/mol. The average molecular weight is 393 g/mol. The van der Waals surface area contributed by atoms with E-state index in [9.17, 15) is 32.9 Å². The standard InChI is InChI=1S/C18H14F3N3O4/c1-11(25)22-13-5-8-16(15(10-13)18(19,20)21)23-17(26)9-4-12-2-6-14(7-3-12)24(27)28/h2-10H,1H3,(H,22,25)(H,23,26)/b9-4+. The molecule has 28 heavy (non-hydrogen) atoms. The van der Waals surface area contributed by atoms with Crippen LogP contribution in [-0.4, -0.2) is 16.7 Å². The zero-order valence-corrected chi connectivity index (χ0v) is 14.4. The molecule has 2 aromatic carbocycles. The zero-order valence-electron chi connectivity index (χ0n) is 14.4. The monoisotopic (exact) mass is 393 g/mol.